The molecule has 1 fully saturated rings. The monoisotopic (exact) mass is 319 g/mol. The first-order valence-corrected chi connectivity index (χ1v) is 8.00. The van der Waals surface area contributed by atoms with Crippen molar-refractivity contribution in [1.82, 2.24) is 24.6 Å². The van der Waals surface area contributed by atoms with Crippen molar-refractivity contribution in [3.63, 3.8) is 0 Å². The highest BCUT2D eigenvalue weighted by Crippen LogP contribution is 2.33. The number of hydrogen-bond acceptors (Lipinski definition) is 4. The van der Waals surface area contributed by atoms with Crippen molar-refractivity contribution < 1.29 is 4.79 Å². The molecule has 0 radical (unpaired) electrons. The van der Waals surface area contributed by atoms with E-state index >= 15 is 0 Å². The average molecular weight is 319 g/mol. The second kappa shape index (κ2) is 6.23. The molecule has 0 saturated carbocycles. The summed E-state index contributed by atoms with van der Waals surface area (Å²) in [7, 11) is 0. The summed E-state index contributed by atoms with van der Waals surface area (Å²) in [6.07, 6.45) is 6.67. The average Bonchev–Trinajstić information content (AvgIpc) is 3.34. The SMILES string of the molecule is O=C(c1ccnc(-n2cncn2)c1)N1CCC[C@@H]1c1ccccc1. The second-order valence-corrected chi connectivity index (χ2v) is 5.81. The van der Waals surface area contributed by atoms with Crippen LogP contribution in [0.5, 0.6) is 0 Å². The van der Waals surface area contributed by atoms with Crippen molar-refractivity contribution in [2.24, 2.45) is 0 Å². The van der Waals surface area contributed by atoms with Crippen LogP contribution in [0.25, 0.3) is 5.82 Å². The molecule has 0 aliphatic carbocycles. The topological polar surface area (TPSA) is 63.9 Å². The minimum atomic E-state index is 0.0325. The van der Waals surface area contributed by atoms with Gasteiger partial charge in [-0.05, 0) is 30.5 Å². The van der Waals surface area contributed by atoms with E-state index in [9.17, 15) is 4.79 Å². The molecule has 0 spiro atoms. The first kappa shape index (κ1) is 14.6. The van der Waals surface area contributed by atoms with E-state index < -0.39 is 0 Å². The number of pyridine rings is 1. The molecule has 1 aromatic carbocycles. The number of likely N-dealkylation sites (tertiary alicyclic amines) is 1. The van der Waals surface area contributed by atoms with Gasteiger partial charge in [-0.3, -0.25) is 4.79 Å². The molecule has 1 aliphatic heterocycles. The van der Waals surface area contributed by atoms with E-state index in [1.807, 2.05) is 23.1 Å². The third-order valence-corrected chi connectivity index (χ3v) is 4.34. The van der Waals surface area contributed by atoms with Crippen LogP contribution in [-0.4, -0.2) is 37.1 Å². The number of aromatic nitrogens is 4. The molecule has 4 rings (SSSR count). The standard InChI is InChI=1S/C18H17N5O/c24-18(15-8-9-20-17(11-15)23-13-19-12-21-23)22-10-4-7-16(22)14-5-2-1-3-6-14/h1-3,5-6,8-9,11-13,16H,4,7,10H2/t16-/m1/s1. The first-order chi connectivity index (χ1) is 11.8. The minimum absolute atomic E-state index is 0.0325. The Labute approximate surface area is 139 Å². The largest absolute Gasteiger partial charge is 0.332 e. The normalized spacial score (nSPS) is 17.2. The molecule has 24 heavy (non-hydrogen) atoms. The van der Waals surface area contributed by atoms with Gasteiger partial charge in [-0.1, -0.05) is 30.3 Å². The van der Waals surface area contributed by atoms with Gasteiger partial charge in [-0.15, -0.1) is 0 Å². The highest BCUT2D eigenvalue weighted by molar-refractivity contribution is 5.95. The van der Waals surface area contributed by atoms with E-state index in [1.54, 1.807) is 29.3 Å². The van der Waals surface area contributed by atoms with Crippen molar-refractivity contribution in [1.29, 1.82) is 0 Å². The minimum Gasteiger partial charge on any atom is -0.332 e. The number of hydrogen-bond donors (Lipinski definition) is 0. The van der Waals surface area contributed by atoms with Gasteiger partial charge in [0.05, 0.1) is 6.04 Å². The van der Waals surface area contributed by atoms with E-state index in [0.717, 1.165) is 19.4 Å². The van der Waals surface area contributed by atoms with Gasteiger partial charge >= 0.3 is 0 Å². The maximum Gasteiger partial charge on any atom is 0.254 e. The summed E-state index contributed by atoms with van der Waals surface area (Å²) < 4.78 is 1.55. The van der Waals surface area contributed by atoms with Crippen LogP contribution in [0.4, 0.5) is 0 Å². The Morgan fingerprint density at radius 1 is 1.17 bits per heavy atom. The Bertz CT molecular complexity index is 832. The predicted molar refractivity (Wildman–Crippen MR) is 88.6 cm³/mol. The van der Waals surface area contributed by atoms with Crippen LogP contribution < -0.4 is 0 Å². The maximum atomic E-state index is 13.0. The fraction of sp³-hybridized carbons (Fsp3) is 0.222. The van der Waals surface area contributed by atoms with E-state index in [4.69, 9.17) is 0 Å². The second-order valence-electron chi connectivity index (χ2n) is 5.81. The lowest BCUT2D eigenvalue weighted by molar-refractivity contribution is 0.0735. The van der Waals surface area contributed by atoms with E-state index in [2.05, 4.69) is 27.2 Å². The van der Waals surface area contributed by atoms with Crippen LogP contribution in [0.3, 0.4) is 0 Å². The molecule has 1 aliphatic rings. The molecule has 6 heteroatoms. The molecular weight excluding hydrogens is 302 g/mol. The summed E-state index contributed by atoms with van der Waals surface area (Å²) in [4.78, 5) is 23.1. The lowest BCUT2D eigenvalue weighted by Crippen LogP contribution is -2.30. The van der Waals surface area contributed by atoms with Crippen LogP contribution in [0.2, 0.25) is 0 Å². The van der Waals surface area contributed by atoms with Gasteiger partial charge in [-0.2, -0.15) is 5.10 Å². The summed E-state index contributed by atoms with van der Waals surface area (Å²) in [5.74, 6) is 0.624. The highest BCUT2D eigenvalue weighted by Gasteiger charge is 2.30. The molecule has 3 heterocycles. The molecule has 0 N–H and O–H groups in total. The van der Waals surface area contributed by atoms with Gasteiger partial charge in [0.1, 0.15) is 12.7 Å². The highest BCUT2D eigenvalue weighted by atomic mass is 16.2. The number of nitrogens with zero attached hydrogens (tertiary/aromatic N) is 5. The summed E-state index contributed by atoms with van der Waals surface area (Å²) in [5.41, 5.74) is 1.81. The van der Waals surface area contributed by atoms with E-state index in [1.165, 1.54) is 11.9 Å². The van der Waals surface area contributed by atoms with Crippen molar-refractivity contribution in [2.45, 2.75) is 18.9 Å². The Kier molecular flexibility index (Phi) is 3.78. The fourth-order valence-electron chi connectivity index (χ4n) is 3.20. The zero-order valence-electron chi connectivity index (χ0n) is 13.1. The predicted octanol–water partition coefficient (Wildman–Crippen LogP) is 2.64. The Hall–Kier alpha value is -3.02. The Balaban J connectivity index is 1.62. The molecule has 0 bridgehead atoms. The number of carbonyl (C=O) groups excluding carboxylic acids is 1. The molecule has 1 saturated heterocycles. The van der Waals surface area contributed by atoms with Gasteiger partial charge < -0.3 is 4.90 Å². The van der Waals surface area contributed by atoms with Gasteiger partial charge in [0.2, 0.25) is 0 Å². The van der Waals surface area contributed by atoms with Crippen LogP contribution in [0.15, 0.2) is 61.3 Å². The van der Waals surface area contributed by atoms with Gasteiger partial charge in [0, 0.05) is 18.3 Å². The van der Waals surface area contributed by atoms with Crippen LogP contribution in [-0.2, 0) is 0 Å². The smallest absolute Gasteiger partial charge is 0.254 e. The van der Waals surface area contributed by atoms with E-state index in [0.29, 0.717) is 11.4 Å². The van der Waals surface area contributed by atoms with E-state index in [-0.39, 0.29) is 11.9 Å². The van der Waals surface area contributed by atoms with Crippen LogP contribution >= 0.6 is 0 Å². The summed E-state index contributed by atoms with van der Waals surface area (Å²) >= 11 is 0. The summed E-state index contributed by atoms with van der Waals surface area (Å²) in [6, 6.07) is 13.9. The maximum absolute atomic E-state index is 13.0. The molecule has 120 valence electrons. The van der Waals surface area contributed by atoms with Crippen molar-refractivity contribution in [3.8, 4) is 5.82 Å². The van der Waals surface area contributed by atoms with Gasteiger partial charge in [0.25, 0.3) is 5.91 Å². The molecule has 2 aromatic heterocycles. The molecular formula is C18H17N5O. The molecule has 1 atom stereocenters. The molecule has 3 aromatic rings. The van der Waals surface area contributed by atoms with Crippen molar-refractivity contribution in [2.75, 3.05) is 6.54 Å². The summed E-state index contributed by atoms with van der Waals surface area (Å²) in [6.45, 7) is 0.777. The lowest BCUT2D eigenvalue weighted by Gasteiger charge is -2.25. The van der Waals surface area contributed by atoms with Crippen molar-refractivity contribution in [3.05, 3.63) is 72.4 Å². The quantitative estimate of drug-likeness (QED) is 0.744. The van der Waals surface area contributed by atoms with Crippen LogP contribution in [0.1, 0.15) is 34.8 Å². The summed E-state index contributed by atoms with van der Waals surface area (Å²) in [5, 5.41) is 4.07. The number of rotatable bonds is 3. The zero-order valence-corrected chi connectivity index (χ0v) is 13.1. The molecule has 0 unspecified atom stereocenters. The van der Waals surface area contributed by atoms with Crippen LogP contribution in [0, 0.1) is 0 Å². The number of carbonyl (C=O) groups is 1. The molecule has 6 nitrogen and oxygen atoms in total. The molecule has 1 amide bonds. The first-order valence-electron chi connectivity index (χ1n) is 8.00. The Morgan fingerprint density at radius 3 is 2.83 bits per heavy atom. The van der Waals surface area contributed by atoms with Gasteiger partial charge in [0.15, 0.2) is 5.82 Å². The lowest BCUT2D eigenvalue weighted by atomic mass is 10.0. The van der Waals surface area contributed by atoms with Gasteiger partial charge in [-0.25, -0.2) is 14.6 Å². The third-order valence-electron chi connectivity index (χ3n) is 4.34. The number of amides is 1. The zero-order chi connectivity index (χ0) is 16.4. The number of benzene rings is 1. The third kappa shape index (κ3) is 2.67. The Morgan fingerprint density at radius 2 is 2.04 bits per heavy atom. The van der Waals surface area contributed by atoms with Crippen molar-refractivity contribution >= 4 is 5.91 Å². The fourth-order valence-corrected chi connectivity index (χ4v) is 3.20.